The van der Waals surface area contributed by atoms with Crippen molar-refractivity contribution < 1.29 is 14.6 Å². The van der Waals surface area contributed by atoms with E-state index in [1.165, 1.54) is 0 Å². The average molecular weight is 267 g/mol. The number of hydrogen-bond acceptors (Lipinski definition) is 4. The summed E-state index contributed by atoms with van der Waals surface area (Å²) in [6, 6.07) is -0.374. The van der Waals surface area contributed by atoms with Crippen LogP contribution in [0.4, 0.5) is 0 Å². The Labute approximate surface area is 113 Å². The van der Waals surface area contributed by atoms with Crippen molar-refractivity contribution in [3.63, 3.8) is 0 Å². The first-order valence-corrected chi connectivity index (χ1v) is 6.68. The fraction of sp³-hybridized carbons (Fsp3) is 0.692. The minimum atomic E-state index is -0.727. The van der Waals surface area contributed by atoms with E-state index in [2.05, 4.69) is 4.98 Å². The van der Waals surface area contributed by atoms with Gasteiger partial charge in [-0.1, -0.05) is 6.42 Å². The molecule has 6 nitrogen and oxygen atoms in total. The van der Waals surface area contributed by atoms with Gasteiger partial charge in [-0.2, -0.15) is 0 Å². The van der Waals surface area contributed by atoms with Crippen molar-refractivity contribution in [1.82, 2.24) is 14.5 Å². The number of carbonyl (C=O) groups is 1. The maximum absolute atomic E-state index is 11.3. The number of hydrogen-bond donors (Lipinski definition) is 1. The largest absolute Gasteiger partial charge is 0.480 e. The zero-order valence-corrected chi connectivity index (χ0v) is 11.3. The molecule has 6 heteroatoms. The van der Waals surface area contributed by atoms with Gasteiger partial charge in [-0.3, -0.25) is 9.69 Å². The molecule has 1 fully saturated rings. The van der Waals surface area contributed by atoms with Crippen molar-refractivity contribution in [2.45, 2.75) is 38.4 Å². The number of methoxy groups -OCH3 is 1. The summed E-state index contributed by atoms with van der Waals surface area (Å²) >= 11 is 0. The van der Waals surface area contributed by atoms with Crippen molar-refractivity contribution in [2.24, 2.45) is 0 Å². The third kappa shape index (κ3) is 3.54. The Balaban J connectivity index is 2.02. The van der Waals surface area contributed by atoms with Crippen LogP contribution in [0.15, 0.2) is 12.4 Å². The summed E-state index contributed by atoms with van der Waals surface area (Å²) in [6.45, 7) is 2.80. The van der Waals surface area contributed by atoms with Crippen LogP contribution in [-0.4, -0.2) is 51.8 Å². The molecule has 1 aliphatic rings. The zero-order valence-electron chi connectivity index (χ0n) is 11.3. The van der Waals surface area contributed by atoms with Crippen molar-refractivity contribution in [3.8, 4) is 0 Å². The molecule has 0 bridgehead atoms. The minimum Gasteiger partial charge on any atom is -0.480 e. The summed E-state index contributed by atoms with van der Waals surface area (Å²) in [5.74, 6) is 0.180. The SMILES string of the molecule is COCCn1ccnc1CN1CCCCC1C(=O)O. The number of likely N-dealkylation sites (tertiary alicyclic amines) is 1. The number of imidazole rings is 1. The van der Waals surface area contributed by atoms with E-state index < -0.39 is 5.97 Å². The Morgan fingerprint density at radius 2 is 2.42 bits per heavy atom. The number of carboxylic acid groups (broad SMARTS) is 1. The number of nitrogens with zero attached hydrogens (tertiary/aromatic N) is 3. The van der Waals surface area contributed by atoms with Crippen LogP contribution >= 0.6 is 0 Å². The van der Waals surface area contributed by atoms with Crippen molar-refractivity contribution in [1.29, 1.82) is 0 Å². The molecule has 106 valence electrons. The first-order valence-electron chi connectivity index (χ1n) is 6.68. The monoisotopic (exact) mass is 267 g/mol. The summed E-state index contributed by atoms with van der Waals surface area (Å²) < 4.78 is 7.09. The lowest BCUT2D eigenvalue weighted by atomic mass is 10.0. The molecule has 1 saturated heterocycles. The number of aliphatic carboxylic acids is 1. The third-order valence-corrected chi connectivity index (χ3v) is 3.58. The van der Waals surface area contributed by atoms with E-state index in [0.717, 1.165) is 38.2 Å². The molecule has 1 N–H and O–H groups in total. The van der Waals surface area contributed by atoms with Gasteiger partial charge in [-0.15, -0.1) is 0 Å². The summed E-state index contributed by atoms with van der Waals surface area (Å²) in [4.78, 5) is 17.6. The molecule has 1 aromatic rings. The predicted octanol–water partition coefficient (Wildman–Crippen LogP) is 0.969. The van der Waals surface area contributed by atoms with Gasteiger partial charge in [0.05, 0.1) is 13.2 Å². The van der Waals surface area contributed by atoms with Crippen molar-refractivity contribution in [2.75, 3.05) is 20.3 Å². The highest BCUT2D eigenvalue weighted by Gasteiger charge is 2.29. The highest BCUT2D eigenvalue weighted by Crippen LogP contribution is 2.19. The zero-order chi connectivity index (χ0) is 13.7. The first kappa shape index (κ1) is 14.0. The predicted molar refractivity (Wildman–Crippen MR) is 69.8 cm³/mol. The molecule has 2 rings (SSSR count). The van der Waals surface area contributed by atoms with Crippen molar-refractivity contribution in [3.05, 3.63) is 18.2 Å². The molecule has 0 saturated carbocycles. The van der Waals surface area contributed by atoms with Gasteiger partial charge in [0.1, 0.15) is 11.9 Å². The number of piperidine rings is 1. The van der Waals surface area contributed by atoms with Crippen LogP contribution in [0.2, 0.25) is 0 Å². The van der Waals surface area contributed by atoms with Gasteiger partial charge in [0, 0.05) is 26.0 Å². The fourth-order valence-electron chi connectivity index (χ4n) is 2.53. The molecule has 0 aromatic carbocycles. The normalized spacial score (nSPS) is 20.6. The van der Waals surface area contributed by atoms with Crippen LogP contribution in [-0.2, 0) is 22.6 Å². The molecule has 1 aromatic heterocycles. The van der Waals surface area contributed by atoms with Gasteiger partial charge in [0.2, 0.25) is 0 Å². The second kappa shape index (κ2) is 6.68. The quantitative estimate of drug-likeness (QED) is 0.831. The lowest BCUT2D eigenvalue weighted by Gasteiger charge is -2.32. The molecular weight excluding hydrogens is 246 g/mol. The number of aromatic nitrogens is 2. The smallest absolute Gasteiger partial charge is 0.320 e. The molecule has 1 atom stereocenters. The molecular formula is C13H21N3O3. The second-order valence-corrected chi connectivity index (χ2v) is 4.85. The van der Waals surface area contributed by atoms with Gasteiger partial charge in [-0.05, 0) is 19.4 Å². The topological polar surface area (TPSA) is 67.6 Å². The van der Waals surface area contributed by atoms with Crippen LogP contribution in [0, 0.1) is 0 Å². The third-order valence-electron chi connectivity index (χ3n) is 3.58. The van der Waals surface area contributed by atoms with Gasteiger partial charge in [0.15, 0.2) is 0 Å². The minimum absolute atomic E-state index is 0.374. The molecule has 0 aliphatic carbocycles. The number of carboxylic acids is 1. The van der Waals surface area contributed by atoms with E-state index in [9.17, 15) is 9.90 Å². The second-order valence-electron chi connectivity index (χ2n) is 4.85. The molecule has 0 spiro atoms. The summed E-state index contributed by atoms with van der Waals surface area (Å²) in [5, 5.41) is 9.26. The Bertz CT molecular complexity index is 419. The average Bonchev–Trinajstić information content (AvgIpc) is 2.84. The summed E-state index contributed by atoms with van der Waals surface area (Å²) in [5.41, 5.74) is 0. The first-order chi connectivity index (χ1) is 9.22. The Hall–Kier alpha value is -1.40. The summed E-state index contributed by atoms with van der Waals surface area (Å²) in [7, 11) is 1.67. The van der Waals surface area contributed by atoms with Crippen LogP contribution < -0.4 is 0 Å². The van der Waals surface area contributed by atoms with Crippen LogP contribution in [0.1, 0.15) is 25.1 Å². The fourth-order valence-corrected chi connectivity index (χ4v) is 2.53. The Morgan fingerprint density at radius 3 is 3.16 bits per heavy atom. The van der Waals surface area contributed by atoms with Crippen LogP contribution in [0.5, 0.6) is 0 Å². The van der Waals surface area contributed by atoms with E-state index >= 15 is 0 Å². The van der Waals surface area contributed by atoms with E-state index in [-0.39, 0.29) is 6.04 Å². The van der Waals surface area contributed by atoms with E-state index in [1.54, 1.807) is 13.3 Å². The molecule has 2 heterocycles. The Morgan fingerprint density at radius 1 is 1.58 bits per heavy atom. The maximum Gasteiger partial charge on any atom is 0.320 e. The molecule has 0 amide bonds. The van der Waals surface area contributed by atoms with Gasteiger partial charge in [0.25, 0.3) is 0 Å². The lowest BCUT2D eigenvalue weighted by Crippen LogP contribution is -2.44. The summed E-state index contributed by atoms with van der Waals surface area (Å²) in [6.07, 6.45) is 6.45. The molecule has 1 unspecified atom stereocenters. The van der Waals surface area contributed by atoms with Crippen LogP contribution in [0.25, 0.3) is 0 Å². The highest BCUT2D eigenvalue weighted by molar-refractivity contribution is 5.73. The van der Waals surface area contributed by atoms with Gasteiger partial charge < -0.3 is 14.4 Å². The lowest BCUT2D eigenvalue weighted by molar-refractivity contribution is -0.144. The Kier molecular flexibility index (Phi) is 4.93. The number of rotatable bonds is 6. The van der Waals surface area contributed by atoms with Crippen molar-refractivity contribution >= 4 is 5.97 Å². The maximum atomic E-state index is 11.3. The molecule has 1 aliphatic heterocycles. The molecule has 19 heavy (non-hydrogen) atoms. The highest BCUT2D eigenvalue weighted by atomic mass is 16.5. The standard InChI is InChI=1S/C13H21N3O3/c1-19-9-8-15-7-5-14-12(15)10-16-6-3-2-4-11(16)13(17)18/h5,7,11H,2-4,6,8-10H2,1H3,(H,17,18). The van der Waals surface area contributed by atoms with Gasteiger partial charge in [-0.25, -0.2) is 4.98 Å². The van der Waals surface area contributed by atoms with E-state index in [1.807, 2.05) is 15.7 Å². The van der Waals surface area contributed by atoms with E-state index in [0.29, 0.717) is 13.2 Å². The number of ether oxygens (including phenoxy) is 1. The van der Waals surface area contributed by atoms with Crippen LogP contribution in [0.3, 0.4) is 0 Å². The van der Waals surface area contributed by atoms with Gasteiger partial charge >= 0.3 is 5.97 Å². The van der Waals surface area contributed by atoms with E-state index in [4.69, 9.17) is 4.74 Å². The molecule has 0 radical (unpaired) electrons.